The van der Waals surface area contributed by atoms with Gasteiger partial charge in [-0.25, -0.2) is 9.67 Å². The number of benzene rings is 1. The summed E-state index contributed by atoms with van der Waals surface area (Å²) in [5, 5.41) is 17.2. The van der Waals surface area contributed by atoms with Crippen LogP contribution in [0.2, 0.25) is 0 Å². The van der Waals surface area contributed by atoms with Crippen LogP contribution < -0.4 is 5.32 Å². The van der Waals surface area contributed by atoms with E-state index in [2.05, 4.69) is 15.4 Å². The maximum Gasteiger partial charge on any atom is 0.273 e. The fraction of sp³-hybridized carbons (Fsp3) is 0.100. The zero-order valence-electron chi connectivity index (χ0n) is 9.40. The molecule has 1 N–H and O–H groups in total. The zero-order valence-corrected chi connectivity index (χ0v) is 9.40. The molecule has 1 aromatic carbocycles. The number of nitrogens with one attached hydrogen (secondary N) is 1. The van der Waals surface area contributed by atoms with Gasteiger partial charge in [0.1, 0.15) is 12.7 Å². The fourth-order valence-corrected chi connectivity index (χ4v) is 1.45. The molecule has 0 fully saturated rings. The van der Waals surface area contributed by atoms with Crippen molar-refractivity contribution in [1.82, 2.24) is 14.8 Å². The Morgan fingerprint density at radius 1 is 1.44 bits per heavy atom. The van der Waals surface area contributed by atoms with Crippen molar-refractivity contribution in [3.05, 3.63) is 41.0 Å². The van der Waals surface area contributed by atoms with Crippen LogP contribution in [0.3, 0.4) is 0 Å². The summed E-state index contributed by atoms with van der Waals surface area (Å²) in [4.78, 5) is 25.0. The van der Waals surface area contributed by atoms with Gasteiger partial charge in [0.25, 0.3) is 5.69 Å². The van der Waals surface area contributed by atoms with E-state index in [1.165, 1.54) is 36.4 Å². The van der Waals surface area contributed by atoms with Gasteiger partial charge in [-0.1, -0.05) is 0 Å². The summed E-state index contributed by atoms with van der Waals surface area (Å²) in [5.74, 6) is -0.306. The minimum Gasteiger partial charge on any atom is -0.326 e. The molecule has 0 bridgehead atoms. The Morgan fingerprint density at radius 3 is 2.78 bits per heavy atom. The second kappa shape index (κ2) is 4.62. The standard InChI is InChI=1S/C10H9N5O3/c1-7(16)13-8-2-9(14-6-11-5-12-14)4-10(3-8)15(17)18/h2-6H,1H3,(H,13,16). The third-order valence-corrected chi connectivity index (χ3v) is 2.12. The minimum atomic E-state index is -0.536. The van der Waals surface area contributed by atoms with Crippen molar-refractivity contribution >= 4 is 17.3 Å². The summed E-state index contributed by atoms with van der Waals surface area (Å²) in [7, 11) is 0. The van der Waals surface area contributed by atoms with Crippen LogP contribution in [0, 0.1) is 10.1 Å². The molecule has 0 unspecified atom stereocenters. The first-order chi connectivity index (χ1) is 8.56. The number of nitro groups is 1. The van der Waals surface area contributed by atoms with E-state index >= 15 is 0 Å². The van der Waals surface area contributed by atoms with Gasteiger partial charge in [0.15, 0.2) is 0 Å². The van der Waals surface area contributed by atoms with Gasteiger partial charge < -0.3 is 5.32 Å². The number of aromatic nitrogens is 3. The highest BCUT2D eigenvalue weighted by Crippen LogP contribution is 2.22. The van der Waals surface area contributed by atoms with E-state index in [0.717, 1.165) is 0 Å². The smallest absolute Gasteiger partial charge is 0.273 e. The quantitative estimate of drug-likeness (QED) is 0.646. The van der Waals surface area contributed by atoms with Gasteiger partial charge in [0.05, 0.1) is 10.6 Å². The Hall–Kier alpha value is -2.77. The molecular formula is C10H9N5O3. The summed E-state index contributed by atoms with van der Waals surface area (Å²) in [6, 6.07) is 4.20. The maximum absolute atomic E-state index is 11.0. The van der Waals surface area contributed by atoms with Gasteiger partial charge in [0.2, 0.25) is 5.91 Å². The van der Waals surface area contributed by atoms with Crippen molar-refractivity contribution in [2.24, 2.45) is 0 Å². The van der Waals surface area contributed by atoms with Crippen LogP contribution >= 0.6 is 0 Å². The number of carbonyl (C=O) groups excluding carboxylic acids is 1. The van der Waals surface area contributed by atoms with Crippen molar-refractivity contribution < 1.29 is 9.72 Å². The summed E-state index contributed by atoms with van der Waals surface area (Å²) < 4.78 is 1.37. The molecule has 8 nitrogen and oxygen atoms in total. The van der Waals surface area contributed by atoms with Gasteiger partial charge >= 0.3 is 0 Å². The minimum absolute atomic E-state index is 0.133. The van der Waals surface area contributed by atoms with Crippen molar-refractivity contribution in [2.45, 2.75) is 6.92 Å². The second-order valence-electron chi connectivity index (χ2n) is 3.52. The van der Waals surface area contributed by atoms with E-state index in [4.69, 9.17) is 0 Å². The van der Waals surface area contributed by atoms with Crippen LogP contribution in [0.25, 0.3) is 5.69 Å². The topological polar surface area (TPSA) is 103 Å². The third kappa shape index (κ3) is 2.48. The Bertz CT molecular complexity index is 594. The number of non-ortho nitro benzene ring substituents is 1. The largest absolute Gasteiger partial charge is 0.326 e. The SMILES string of the molecule is CC(=O)Nc1cc(-n2cncn2)cc([N+](=O)[O-])c1. The molecule has 1 heterocycles. The van der Waals surface area contributed by atoms with E-state index in [-0.39, 0.29) is 11.6 Å². The second-order valence-corrected chi connectivity index (χ2v) is 3.52. The molecule has 0 atom stereocenters. The van der Waals surface area contributed by atoms with Crippen molar-refractivity contribution in [2.75, 3.05) is 5.32 Å². The molecule has 2 rings (SSSR count). The Morgan fingerprint density at radius 2 is 2.22 bits per heavy atom. The predicted octanol–water partition coefficient (Wildman–Crippen LogP) is 1.13. The average Bonchev–Trinajstić information content (AvgIpc) is 2.80. The molecule has 8 heteroatoms. The molecule has 1 amide bonds. The Balaban J connectivity index is 2.49. The van der Waals surface area contributed by atoms with Gasteiger partial charge in [-0.05, 0) is 6.07 Å². The van der Waals surface area contributed by atoms with Crippen LogP contribution in [0.15, 0.2) is 30.9 Å². The molecule has 0 saturated heterocycles. The van der Waals surface area contributed by atoms with Gasteiger partial charge in [-0.3, -0.25) is 14.9 Å². The number of amides is 1. The van der Waals surface area contributed by atoms with Crippen LogP contribution in [-0.4, -0.2) is 25.6 Å². The first-order valence-corrected chi connectivity index (χ1v) is 4.98. The van der Waals surface area contributed by atoms with Gasteiger partial charge in [0, 0.05) is 24.7 Å². The number of anilines is 1. The van der Waals surface area contributed by atoms with Crippen LogP contribution in [0.5, 0.6) is 0 Å². The molecule has 0 spiro atoms. The number of carbonyl (C=O) groups is 1. The lowest BCUT2D eigenvalue weighted by atomic mass is 10.2. The molecule has 92 valence electrons. The maximum atomic E-state index is 11.0. The molecule has 0 saturated carbocycles. The number of nitrogens with zero attached hydrogens (tertiary/aromatic N) is 4. The summed E-state index contributed by atoms with van der Waals surface area (Å²) in [5.41, 5.74) is 0.652. The molecule has 18 heavy (non-hydrogen) atoms. The number of hydrogen-bond acceptors (Lipinski definition) is 5. The summed E-state index contributed by atoms with van der Waals surface area (Å²) in [6.07, 6.45) is 2.73. The molecule has 0 aliphatic heterocycles. The lowest BCUT2D eigenvalue weighted by Crippen LogP contribution is -2.07. The number of rotatable bonds is 3. The van der Waals surface area contributed by atoms with E-state index in [0.29, 0.717) is 11.4 Å². The van der Waals surface area contributed by atoms with Gasteiger partial charge in [-0.2, -0.15) is 5.10 Å². The summed E-state index contributed by atoms with van der Waals surface area (Å²) in [6.45, 7) is 1.33. The monoisotopic (exact) mass is 247 g/mol. The highest BCUT2D eigenvalue weighted by molar-refractivity contribution is 5.89. The number of hydrogen-bond donors (Lipinski definition) is 1. The lowest BCUT2D eigenvalue weighted by Gasteiger charge is -2.05. The highest BCUT2D eigenvalue weighted by Gasteiger charge is 2.11. The lowest BCUT2D eigenvalue weighted by molar-refractivity contribution is -0.384. The molecule has 0 aliphatic carbocycles. The molecule has 0 aliphatic rings. The first kappa shape index (κ1) is 11.7. The van der Waals surface area contributed by atoms with E-state index in [1.54, 1.807) is 6.07 Å². The number of nitro benzene ring substituents is 1. The average molecular weight is 247 g/mol. The summed E-state index contributed by atoms with van der Waals surface area (Å²) >= 11 is 0. The third-order valence-electron chi connectivity index (χ3n) is 2.12. The van der Waals surface area contributed by atoms with Crippen LogP contribution in [0.1, 0.15) is 6.92 Å². The molecular weight excluding hydrogens is 238 g/mol. The Kier molecular flexibility index (Phi) is 3.00. The van der Waals surface area contributed by atoms with Crippen LogP contribution in [-0.2, 0) is 4.79 Å². The predicted molar refractivity (Wildman–Crippen MR) is 62.3 cm³/mol. The van der Waals surface area contributed by atoms with E-state index in [1.807, 2.05) is 0 Å². The normalized spacial score (nSPS) is 10.1. The molecule has 1 aromatic heterocycles. The fourth-order valence-electron chi connectivity index (χ4n) is 1.45. The van der Waals surface area contributed by atoms with Crippen molar-refractivity contribution in [3.63, 3.8) is 0 Å². The molecule has 0 radical (unpaired) electrons. The van der Waals surface area contributed by atoms with Crippen LogP contribution in [0.4, 0.5) is 11.4 Å². The van der Waals surface area contributed by atoms with E-state index in [9.17, 15) is 14.9 Å². The Labute approximate surface area is 101 Å². The molecule has 2 aromatic rings. The van der Waals surface area contributed by atoms with Crippen molar-refractivity contribution in [3.8, 4) is 5.69 Å². The first-order valence-electron chi connectivity index (χ1n) is 4.98. The van der Waals surface area contributed by atoms with Crippen molar-refractivity contribution in [1.29, 1.82) is 0 Å². The highest BCUT2D eigenvalue weighted by atomic mass is 16.6. The zero-order chi connectivity index (χ0) is 13.1. The van der Waals surface area contributed by atoms with Gasteiger partial charge in [-0.15, -0.1) is 0 Å². The van der Waals surface area contributed by atoms with E-state index < -0.39 is 4.92 Å².